The monoisotopic (exact) mass is 608 g/mol. The van der Waals surface area contributed by atoms with Crippen LogP contribution in [0.5, 0.6) is 0 Å². The molecule has 3 aromatic carbocycles. The highest BCUT2D eigenvalue weighted by Crippen LogP contribution is 2.47. The topological polar surface area (TPSA) is 36.9 Å². The van der Waals surface area contributed by atoms with Gasteiger partial charge in [0.1, 0.15) is 5.82 Å². The number of aryl methyl sites for hydroxylation is 3. The van der Waals surface area contributed by atoms with Crippen molar-refractivity contribution >= 4 is 22.5 Å². The standard InChI is InChI=1S/C34H33ClF4N4/c1-6-20-9-8-10-21(7-2)30(20)43-31(24-13-14-27(36)29-28(24)26(35)16-40-29)25-18-42(33(4,5)32(25)41-43)17-22-11-12-23(15-19(22)3)34(37,38)39/h8-16,40H,6-7,17-18H2,1-5H3. The minimum atomic E-state index is -4.39. The van der Waals surface area contributed by atoms with Crippen LogP contribution in [-0.4, -0.2) is 19.7 Å². The molecule has 0 amide bonds. The molecule has 5 aromatic rings. The average molecular weight is 609 g/mol. The van der Waals surface area contributed by atoms with Gasteiger partial charge in [-0.2, -0.15) is 18.3 Å². The molecule has 0 saturated heterocycles. The molecule has 1 N–H and O–H groups in total. The fourth-order valence-electron chi connectivity index (χ4n) is 6.44. The van der Waals surface area contributed by atoms with E-state index in [1.165, 1.54) is 12.1 Å². The van der Waals surface area contributed by atoms with Gasteiger partial charge in [0.25, 0.3) is 0 Å². The first-order valence-electron chi connectivity index (χ1n) is 14.5. The van der Waals surface area contributed by atoms with E-state index in [9.17, 15) is 17.6 Å². The number of hydrogen-bond acceptors (Lipinski definition) is 2. The van der Waals surface area contributed by atoms with Crippen LogP contribution in [0.4, 0.5) is 17.6 Å². The molecule has 0 radical (unpaired) electrons. The lowest BCUT2D eigenvalue weighted by molar-refractivity contribution is -0.137. The van der Waals surface area contributed by atoms with Crippen LogP contribution in [0.2, 0.25) is 5.02 Å². The summed E-state index contributed by atoms with van der Waals surface area (Å²) in [5, 5.41) is 6.30. The van der Waals surface area contributed by atoms with Crippen molar-refractivity contribution in [3.05, 3.63) is 105 Å². The molecule has 3 heterocycles. The quantitative estimate of drug-likeness (QED) is 0.195. The summed E-state index contributed by atoms with van der Waals surface area (Å²) >= 11 is 6.67. The first-order chi connectivity index (χ1) is 20.4. The number of nitrogens with zero attached hydrogens (tertiary/aromatic N) is 3. The lowest BCUT2D eigenvalue weighted by Crippen LogP contribution is -2.36. The molecule has 1 aliphatic heterocycles. The molecular weight excluding hydrogens is 576 g/mol. The maximum Gasteiger partial charge on any atom is 0.416 e. The fourth-order valence-corrected chi connectivity index (χ4v) is 6.69. The number of H-pyrrole nitrogens is 1. The van der Waals surface area contributed by atoms with Gasteiger partial charge in [0.15, 0.2) is 0 Å². The molecule has 1 aliphatic rings. The molecule has 6 rings (SSSR count). The second-order valence-electron chi connectivity index (χ2n) is 11.8. The molecule has 0 fully saturated rings. The Morgan fingerprint density at radius 1 is 1.00 bits per heavy atom. The summed E-state index contributed by atoms with van der Waals surface area (Å²) in [6.45, 7) is 11.1. The van der Waals surface area contributed by atoms with Crippen LogP contribution >= 0.6 is 11.6 Å². The van der Waals surface area contributed by atoms with Crippen molar-refractivity contribution in [3.63, 3.8) is 0 Å². The van der Waals surface area contributed by atoms with E-state index in [-0.39, 0.29) is 0 Å². The van der Waals surface area contributed by atoms with E-state index in [0.29, 0.717) is 34.6 Å². The molecule has 2 aromatic heterocycles. The van der Waals surface area contributed by atoms with E-state index in [1.54, 1.807) is 25.3 Å². The molecule has 0 atom stereocenters. The van der Waals surface area contributed by atoms with Crippen molar-refractivity contribution < 1.29 is 17.6 Å². The molecule has 9 heteroatoms. The fraction of sp³-hybridized carbons (Fsp3) is 0.324. The first-order valence-corrected chi connectivity index (χ1v) is 14.8. The number of rotatable bonds is 6. The zero-order chi connectivity index (χ0) is 30.8. The van der Waals surface area contributed by atoms with Crippen molar-refractivity contribution in [2.24, 2.45) is 0 Å². The van der Waals surface area contributed by atoms with E-state index in [2.05, 4.69) is 55.8 Å². The Kier molecular flexibility index (Phi) is 7.21. The minimum absolute atomic E-state index is 0.331. The summed E-state index contributed by atoms with van der Waals surface area (Å²) in [5.74, 6) is -0.392. The van der Waals surface area contributed by atoms with Crippen LogP contribution in [-0.2, 0) is 37.6 Å². The molecule has 43 heavy (non-hydrogen) atoms. The van der Waals surface area contributed by atoms with Crippen LogP contribution in [0.1, 0.15) is 66.8 Å². The van der Waals surface area contributed by atoms with Crippen molar-refractivity contribution in [1.29, 1.82) is 0 Å². The Labute approximate surface area is 253 Å². The predicted octanol–water partition coefficient (Wildman–Crippen LogP) is 9.52. The summed E-state index contributed by atoms with van der Waals surface area (Å²) in [4.78, 5) is 5.22. The van der Waals surface area contributed by atoms with Gasteiger partial charge in [-0.05, 0) is 80.1 Å². The average Bonchev–Trinajstić information content (AvgIpc) is 3.61. The highest BCUT2D eigenvalue weighted by molar-refractivity contribution is 6.36. The number of halogens is 5. The van der Waals surface area contributed by atoms with Crippen LogP contribution in [0.3, 0.4) is 0 Å². The first kappa shape index (κ1) is 29.5. The Morgan fingerprint density at radius 2 is 1.70 bits per heavy atom. The molecular formula is C34H33ClF4N4. The van der Waals surface area contributed by atoms with E-state index in [1.807, 2.05) is 4.68 Å². The van der Waals surface area contributed by atoms with Crippen molar-refractivity contribution in [2.75, 3.05) is 0 Å². The molecule has 224 valence electrons. The van der Waals surface area contributed by atoms with E-state index < -0.39 is 23.1 Å². The predicted molar refractivity (Wildman–Crippen MR) is 163 cm³/mol. The van der Waals surface area contributed by atoms with Crippen LogP contribution in [0.15, 0.2) is 54.7 Å². The van der Waals surface area contributed by atoms with Crippen LogP contribution in [0.25, 0.3) is 27.8 Å². The van der Waals surface area contributed by atoms with Gasteiger partial charge in [0.2, 0.25) is 0 Å². The van der Waals surface area contributed by atoms with Gasteiger partial charge < -0.3 is 4.98 Å². The summed E-state index contributed by atoms with van der Waals surface area (Å²) in [5.41, 5.74) is 7.35. The molecule has 4 nitrogen and oxygen atoms in total. The normalized spacial score (nSPS) is 15.0. The second-order valence-corrected chi connectivity index (χ2v) is 12.2. The van der Waals surface area contributed by atoms with Crippen molar-refractivity contribution in [1.82, 2.24) is 19.7 Å². The summed E-state index contributed by atoms with van der Waals surface area (Å²) in [6, 6.07) is 13.4. The number of para-hydroxylation sites is 1. The number of hydrogen-bond donors (Lipinski definition) is 1. The van der Waals surface area contributed by atoms with Gasteiger partial charge in [-0.15, -0.1) is 0 Å². The Balaban J connectivity index is 1.55. The second kappa shape index (κ2) is 10.5. The van der Waals surface area contributed by atoms with Gasteiger partial charge in [0.05, 0.1) is 38.7 Å². The van der Waals surface area contributed by atoms with Crippen molar-refractivity contribution in [3.8, 4) is 16.9 Å². The highest BCUT2D eigenvalue weighted by Gasteiger charge is 2.43. The number of aromatic amines is 1. The molecule has 0 saturated carbocycles. The minimum Gasteiger partial charge on any atom is -0.357 e. The van der Waals surface area contributed by atoms with Gasteiger partial charge in [-0.25, -0.2) is 9.07 Å². The summed E-state index contributed by atoms with van der Waals surface area (Å²) < 4.78 is 57.0. The smallest absolute Gasteiger partial charge is 0.357 e. The maximum atomic E-state index is 14.9. The van der Waals surface area contributed by atoms with Gasteiger partial charge >= 0.3 is 6.18 Å². The number of benzene rings is 3. The van der Waals surface area contributed by atoms with Gasteiger partial charge in [-0.3, -0.25) is 4.90 Å². The Morgan fingerprint density at radius 3 is 2.33 bits per heavy atom. The SMILES string of the molecule is CCc1cccc(CC)c1-n1nc2c(c1-c1ccc(F)c3[nH]cc(Cl)c13)CN(Cc1ccc(C(F)(F)F)cc1C)C2(C)C. The lowest BCUT2D eigenvalue weighted by Gasteiger charge is -2.32. The summed E-state index contributed by atoms with van der Waals surface area (Å²) in [6.07, 6.45) is -1.18. The largest absolute Gasteiger partial charge is 0.416 e. The van der Waals surface area contributed by atoms with E-state index >= 15 is 0 Å². The molecule has 0 unspecified atom stereocenters. The van der Waals surface area contributed by atoms with Crippen molar-refractivity contribution in [2.45, 2.75) is 72.3 Å². The third kappa shape index (κ3) is 4.75. The summed E-state index contributed by atoms with van der Waals surface area (Å²) in [7, 11) is 0. The van der Waals surface area contributed by atoms with E-state index in [4.69, 9.17) is 16.7 Å². The number of aromatic nitrogens is 3. The zero-order valence-electron chi connectivity index (χ0n) is 24.8. The molecule has 0 spiro atoms. The third-order valence-corrected chi connectivity index (χ3v) is 9.20. The van der Waals surface area contributed by atoms with Gasteiger partial charge in [0, 0.05) is 35.8 Å². The number of fused-ring (bicyclic) bond motifs is 2. The van der Waals surface area contributed by atoms with Crippen LogP contribution < -0.4 is 0 Å². The van der Waals surface area contributed by atoms with Gasteiger partial charge in [-0.1, -0.05) is 49.7 Å². The lowest BCUT2D eigenvalue weighted by atomic mass is 9.96. The molecule has 0 aliphatic carbocycles. The number of nitrogens with one attached hydrogen (secondary N) is 1. The van der Waals surface area contributed by atoms with E-state index in [0.717, 1.165) is 63.8 Å². The molecule has 0 bridgehead atoms. The number of alkyl halides is 3. The Bertz CT molecular complexity index is 1840. The maximum absolute atomic E-state index is 14.9. The zero-order valence-corrected chi connectivity index (χ0v) is 25.5. The Hall–Kier alpha value is -3.62. The van der Waals surface area contributed by atoms with Crippen LogP contribution in [0, 0.1) is 12.7 Å². The third-order valence-electron chi connectivity index (χ3n) is 8.90. The highest BCUT2D eigenvalue weighted by atomic mass is 35.5.